The number of guanidine groups is 1. The van der Waals surface area contributed by atoms with Gasteiger partial charge in [-0.25, -0.2) is 14.8 Å². The summed E-state index contributed by atoms with van der Waals surface area (Å²) in [5, 5.41) is 31.8. The number of amides is 3. The van der Waals surface area contributed by atoms with Gasteiger partial charge in [0, 0.05) is 19.4 Å². The van der Waals surface area contributed by atoms with Gasteiger partial charge >= 0.3 is 11.9 Å². The Balaban J connectivity index is 1.50. The molecule has 3 rings (SSSR count). The van der Waals surface area contributed by atoms with Crippen molar-refractivity contribution >= 4 is 58.9 Å². The predicted octanol–water partition coefficient (Wildman–Crippen LogP) is 2.30. The maximum atomic E-state index is 13.4. The van der Waals surface area contributed by atoms with Crippen LogP contribution in [-0.2, 0) is 32.0 Å². The molecule has 0 saturated carbocycles. The number of aliphatic carboxylic acids is 2. The van der Waals surface area contributed by atoms with E-state index in [0.717, 1.165) is 41.5 Å². The van der Waals surface area contributed by atoms with Crippen molar-refractivity contribution in [1.82, 2.24) is 25.5 Å². The molecule has 0 spiro atoms. The lowest BCUT2D eigenvalue weighted by Crippen LogP contribution is -2.54. The molecule has 3 aromatic rings. The molecule has 0 unspecified atom stereocenters. The molecule has 290 valence electrons. The number of benzene rings is 2. The van der Waals surface area contributed by atoms with Gasteiger partial charge in [0.15, 0.2) is 28.4 Å². The van der Waals surface area contributed by atoms with E-state index in [9.17, 15) is 29.1 Å². The molecular weight excluding hydrogens is 720 g/mol. The number of carboxylic acids is 2. The SMILES string of the molecule is N=C(NCCCCc1ccc(-c2ccc(CCC(=O)N(C(=O)[C@@H](N)CCC(=O)O)[C@@H](CCCCN)C(=O)O)cc2)cc1)NC(=O)c1nc(Cl)c(N)nc1N. The van der Waals surface area contributed by atoms with Crippen molar-refractivity contribution in [3.8, 4) is 11.1 Å². The molecule has 17 nitrogen and oxygen atoms in total. The molecule has 0 fully saturated rings. The first kappa shape index (κ1) is 42.8. The summed E-state index contributed by atoms with van der Waals surface area (Å²) in [4.78, 5) is 70.3. The predicted molar refractivity (Wildman–Crippen MR) is 203 cm³/mol. The van der Waals surface area contributed by atoms with Crippen LogP contribution in [0, 0.1) is 5.41 Å². The number of nitrogens with two attached hydrogens (primary N) is 4. The molecule has 2 atom stereocenters. The van der Waals surface area contributed by atoms with Gasteiger partial charge in [-0.2, -0.15) is 0 Å². The van der Waals surface area contributed by atoms with E-state index in [0.29, 0.717) is 30.8 Å². The summed E-state index contributed by atoms with van der Waals surface area (Å²) in [6, 6.07) is 12.8. The molecular formula is C36H47ClN10O7. The zero-order chi connectivity index (χ0) is 39.8. The van der Waals surface area contributed by atoms with Gasteiger partial charge in [0.25, 0.3) is 5.91 Å². The van der Waals surface area contributed by atoms with E-state index in [2.05, 4.69) is 20.6 Å². The minimum atomic E-state index is -1.44. The Morgan fingerprint density at radius 1 is 0.815 bits per heavy atom. The number of rotatable bonds is 20. The summed E-state index contributed by atoms with van der Waals surface area (Å²) in [6.45, 7) is 0.768. The molecule has 0 aliphatic carbocycles. The highest BCUT2D eigenvalue weighted by Crippen LogP contribution is 2.23. The van der Waals surface area contributed by atoms with Crippen molar-refractivity contribution < 1.29 is 34.2 Å². The fourth-order valence-electron chi connectivity index (χ4n) is 5.47. The molecule has 18 heteroatoms. The van der Waals surface area contributed by atoms with Crippen LogP contribution in [0.4, 0.5) is 11.6 Å². The fourth-order valence-corrected chi connectivity index (χ4v) is 5.60. The molecule has 0 saturated heterocycles. The van der Waals surface area contributed by atoms with Crippen LogP contribution in [-0.4, -0.2) is 85.9 Å². The Bertz CT molecular complexity index is 1790. The van der Waals surface area contributed by atoms with E-state index >= 15 is 0 Å². The Hall–Kier alpha value is -5.65. The Labute approximate surface area is 317 Å². The largest absolute Gasteiger partial charge is 0.481 e. The number of aromatic nitrogens is 2. The average molecular weight is 767 g/mol. The van der Waals surface area contributed by atoms with Crippen LogP contribution >= 0.6 is 11.6 Å². The lowest BCUT2D eigenvalue weighted by molar-refractivity contribution is -0.159. The minimum absolute atomic E-state index is 0.00325. The summed E-state index contributed by atoms with van der Waals surface area (Å²) in [5.74, 6) is -5.38. The van der Waals surface area contributed by atoms with Crippen molar-refractivity contribution in [2.45, 2.75) is 76.3 Å². The molecule has 54 heavy (non-hydrogen) atoms. The lowest BCUT2D eigenvalue weighted by atomic mass is 9.99. The maximum absolute atomic E-state index is 13.4. The standard InChI is InChI=1S/C36H47ClN10O7/c37-30-32(41)45-31(40)29(44-30)33(51)46-36(42)43-20-4-2-5-21-7-12-23(13-8-21)24-14-9-22(10-15-24)11-17-27(48)47(26(35(53)54)6-1-3-19-38)34(52)25(39)16-18-28(49)50/h7-10,12-15,25-26H,1-6,11,16-20,38-39H2,(H,49,50)(H,53,54)(H4,40,41,45)(H3,42,43,46,51)/t25-,26-/m0/s1. The van der Waals surface area contributed by atoms with Gasteiger partial charge in [-0.1, -0.05) is 60.1 Å². The van der Waals surface area contributed by atoms with Gasteiger partial charge in [-0.3, -0.25) is 34.8 Å². The highest BCUT2D eigenvalue weighted by molar-refractivity contribution is 6.31. The van der Waals surface area contributed by atoms with Crippen molar-refractivity contribution in [2.75, 3.05) is 24.6 Å². The molecule has 1 aromatic heterocycles. The van der Waals surface area contributed by atoms with E-state index < -0.39 is 48.2 Å². The zero-order valence-electron chi connectivity index (χ0n) is 29.7. The van der Waals surface area contributed by atoms with Crippen LogP contribution in [0.25, 0.3) is 11.1 Å². The number of aryl methyl sites for hydroxylation is 2. The second-order valence-electron chi connectivity index (χ2n) is 12.5. The number of imide groups is 1. The highest BCUT2D eigenvalue weighted by atomic mass is 35.5. The first-order valence-corrected chi connectivity index (χ1v) is 17.8. The molecule has 0 aliphatic rings. The minimum Gasteiger partial charge on any atom is -0.481 e. The number of nitrogens with zero attached hydrogens (tertiary/aromatic N) is 3. The Kier molecular flexibility index (Phi) is 16.7. The van der Waals surface area contributed by atoms with E-state index in [4.69, 9.17) is 45.1 Å². The van der Waals surface area contributed by atoms with Gasteiger partial charge in [0.05, 0.1) is 6.04 Å². The number of carboxylic acid groups (broad SMARTS) is 2. The maximum Gasteiger partial charge on any atom is 0.326 e. The topological polar surface area (TPSA) is 307 Å². The van der Waals surface area contributed by atoms with Crippen LogP contribution in [0.15, 0.2) is 48.5 Å². The molecule has 2 aromatic carbocycles. The summed E-state index contributed by atoms with van der Waals surface area (Å²) in [5.41, 5.74) is 26.3. The number of carbonyl (C=O) groups is 5. The molecule has 3 amide bonds. The number of halogens is 1. The number of hydrogen-bond acceptors (Lipinski definition) is 12. The number of hydrogen-bond donors (Lipinski definition) is 9. The van der Waals surface area contributed by atoms with E-state index in [-0.39, 0.29) is 54.1 Å². The summed E-state index contributed by atoms with van der Waals surface area (Å²) in [7, 11) is 0. The Morgan fingerprint density at radius 2 is 1.43 bits per heavy atom. The third-order valence-corrected chi connectivity index (χ3v) is 8.72. The van der Waals surface area contributed by atoms with Crippen LogP contribution < -0.4 is 33.6 Å². The van der Waals surface area contributed by atoms with Gasteiger partial charge < -0.3 is 38.5 Å². The third-order valence-electron chi connectivity index (χ3n) is 8.44. The monoisotopic (exact) mass is 766 g/mol. The first-order chi connectivity index (χ1) is 25.7. The smallest absolute Gasteiger partial charge is 0.326 e. The van der Waals surface area contributed by atoms with Crippen molar-refractivity contribution in [3.05, 3.63) is 70.5 Å². The van der Waals surface area contributed by atoms with Crippen molar-refractivity contribution in [1.29, 1.82) is 5.41 Å². The highest BCUT2D eigenvalue weighted by Gasteiger charge is 2.36. The molecule has 0 bridgehead atoms. The normalized spacial score (nSPS) is 12.0. The van der Waals surface area contributed by atoms with Crippen LogP contribution in [0.2, 0.25) is 5.15 Å². The average Bonchev–Trinajstić information content (AvgIpc) is 3.14. The van der Waals surface area contributed by atoms with E-state index in [1.54, 1.807) is 0 Å². The summed E-state index contributed by atoms with van der Waals surface area (Å²) < 4.78 is 0. The number of anilines is 2. The van der Waals surface area contributed by atoms with Crippen LogP contribution in [0.5, 0.6) is 0 Å². The quantitative estimate of drug-likeness (QED) is 0.0453. The second kappa shape index (κ2) is 21.2. The molecule has 13 N–H and O–H groups in total. The van der Waals surface area contributed by atoms with Gasteiger partial charge in [-0.15, -0.1) is 0 Å². The van der Waals surface area contributed by atoms with Crippen molar-refractivity contribution in [3.63, 3.8) is 0 Å². The zero-order valence-corrected chi connectivity index (χ0v) is 30.5. The van der Waals surface area contributed by atoms with Crippen LogP contribution in [0.3, 0.4) is 0 Å². The molecule has 0 radical (unpaired) electrons. The van der Waals surface area contributed by atoms with Gasteiger partial charge in [0.1, 0.15) is 6.04 Å². The fraction of sp³-hybridized carbons (Fsp3) is 0.389. The Morgan fingerprint density at radius 3 is 2.00 bits per heavy atom. The third kappa shape index (κ3) is 13.1. The lowest BCUT2D eigenvalue weighted by Gasteiger charge is -2.29. The van der Waals surface area contributed by atoms with Crippen molar-refractivity contribution in [2.24, 2.45) is 11.5 Å². The van der Waals surface area contributed by atoms with Crippen LogP contribution in [0.1, 0.15) is 73.0 Å². The number of carbonyl (C=O) groups excluding carboxylic acids is 3. The number of nitrogens with one attached hydrogen (secondary N) is 3. The number of nitrogen functional groups attached to an aromatic ring is 2. The first-order valence-electron chi connectivity index (χ1n) is 17.4. The number of unbranched alkanes of at least 4 members (excludes halogenated alkanes) is 2. The summed E-state index contributed by atoms with van der Waals surface area (Å²) >= 11 is 5.81. The molecule has 1 heterocycles. The van der Waals surface area contributed by atoms with E-state index in [1.807, 2.05) is 48.5 Å². The van der Waals surface area contributed by atoms with Gasteiger partial charge in [-0.05, 0) is 80.2 Å². The van der Waals surface area contributed by atoms with E-state index in [1.165, 1.54) is 0 Å². The summed E-state index contributed by atoms with van der Waals surface area (Å²) in [6.07, 6.45) is 2.69. The molecule has 0 aliphatic heterocycles. The second-order valence-corrected chi connectivity index (χ2v) is 12.9. The van der Waals surface area contributed by atoms with Gasteiger partial charge in [0.2, 0.25) is 11.8 Å².